The fourth-order valence-corrected chi connectivity index (χ4v) is 2.91. The zero-order chi connectivity index (χ0) is 14.0. The first kappa shape index (κ1) is 14.9. The molecule has 0 aromatic carbocycles. The first-order chi connectivity index (χ1) is 9.17. The summed E-state index contributed by atoms with van der Waals surface area (Å²) in [4.78, 5) is 0. The highest BCUT2D eigenvalue weighted by Gasteiger charge is 2.53. The van der Waals surface area contributed by atoms with E-state index in [0.29, 0.717) is 6.61 Å². The van der Waals surface area contributed by atoms with Crippen LogP contribution in [0.3, 0.4) is 0 Å². The minimum Gasteiger partial charge on any atom is -0.376 e. The molecule has 2 aliphatic rings. The van der Waals surface area contributed by atoms with Crippen LogP contribution in [0.25, 0.3) is 0 Å². The van der Waals surface area contributed by atoms with Gasteiger partial charge in [0, 0.05) is 26.4 Å². The molecule has 2 heterocycles. The van der Waals surface area contributed by atoms with Gasteiger partial charge >= 0.3 is 0 Å². The van der Waals surface area contributed by atoms with Gasteiger partial charge < -0.3 is 23.7 Å². The Labute approximate surface area is 114 Å². The number of rotatable bonds is 5. The summed E-state index contributed by atoms with van der Waals surface area (Å²) < 4.78 is 28.6. The molecule has 0 bridgehead atoms. The topological polar surface area (TPSA) is 46.2 Å². The number of methoxy groups -OCH3 is 2. The predicted molar refractivity (Wildman–Crippen MR) is 70.0 cm³/mol. The third kappa shape index (κ3) is 2.58. The first-order valence-corrected chi connectivity index (χ1v) is 6.84. The minimum atomic E-state index is -0.411. The molecule has 0 aromatic rings. The zero-order valence-corrected chi connectivity index (χ0v) is 12.1. The molecule has 110 valence electrons. The lowest BCUT2D eigenvalue weighted by Gasteiger charge is -2.42. The van der Waals surface area contributed by atoms with E-state index < -0.39 is 6.29 Å². The van der Waals surface area contributed by atoms with Crippen molar-refractivity contribution < 1.29 is 23.7 Å². The molecule has 0 spiro atoms. The summed E-state index contributed by atoms with van der Waals surface area (Å²) in [6.45, 7) is 8.63. The van der Waals surface area contributed by atoms with Gasteiger partial charge in [-0.3, -0.25) is 0 Å². The second-order valence-corrected chi connectivity index (χ2v) is 4.87. The minimum absolute atomic E-state index is 0.0167. The van der Waals surface area contributed by atoms with E-state index in [2.05, 4.69) is 13.5 Å². The van der Waals surface area contributed by atoms with Gasteiger partial charge in [-0.1, -0.05) is 13.5 Å². The van der Waals surface area contributed by atoms with E-state index in [1.165, 1.54) is 0 Å². The van der Waals surface area contributed by atoms with E-state index in [4.69, 9.17) is 23.7 Å². The van der Waals surface area contributed by atoms with Crippen molar-refractivity contribution in [2.45, 2.75) is 57.1 Å². The molecule has 0 amide bonds. The first-order valence-electron chi connectivity index (χ1n) is 6.84. The maximum Gasteiger partial charge on any atom is 0.182 e. The number of hydrogen-bond donors (Lipinski definition) is 0. The smallest absolute Gasteiger partial charge is 0.182 e. The SMILES string of the molecule is C=C1C(OCC)OC2C1OC(CC)C(OC)C2OC. The fraction of sp³-hybridized carbons (Fsp3) is 0.857. The summed E-state index contributed by atoms with van der Waals surface area (Å²) in [7, 11) is 3.35. The molecule has 19 heavy (non-hydrogen) atoms. The normalized spacial score (nSPS) is 42.4. The molecule has 0 aromatic heterocycles. The molecule has 5 nitrogen and oxygen atoms in total. The van der Waals surface area contributed by atoms with Crippen molar-refractivity contribution in [2.24, 2.45) is 0 Å². The van der Waals surface area contributed by atoms with Crippen molar-refractivity contribution in [1.82, 2.24) is 0 Å². The van der Waals surface area contributed by atoms with Crippen LogP contribution in [0.4, 0.5) is 0 Å². The highest BCUT2D eigenvalue weighted by atomic mass is 16.7. The molecular weight excluding hydrogens is 248 g/mol. The van der Waals surface area contributed by atoms with E-state index in [-0.39, 0.29) is 30.5 Å². The monoisotopic (exact) mass is 272 g/mol. The quantitative estimate of drug-likeness (QED) is 0.710. The summed E-state index contributed by atoms with van der Waals surface area (Å²) in [6, 6.07) is 0. The Morgan fingerprint density at radius 3 is 2.32 bits per heavy atom. The Hall–Kier alpha value is -0.460. The van der Waals surface area contributed by atoms with Gasteiger partial charge in [0.15, 0.2) is 6.29 Å². The summed E-state index contributed by atoms with van der Waals surface area (Å²) >= 11 is 0. The van der Waals surface area contributed by atoms with E-state index >= 15 is 0 Å². The summed E-state index contributed by atoms with van der Waals surface area (Å²) in [6.07, 6.45) is -0.281. The molecule has 2 aliphatic heterocycles. The maximum absolute atomic E-state index is 6.07. The lowest BCUT2D eigenvalue weighted by atomic mass is 9.92. The second-order valence-electron chi connectivity index (χ2n) is 4.87. The maximum atomic E-state index is 6.07. The largest absolute Gasteiger partial charge is 0.376 e. The molecular formula is C14H24O5. The van der Waals surface area contributed by atoms with Crippen molar-refractivity contribution in [1.29, 1.82) is 0 Å². The molecule has 0 radical (unpaired) electrons. The van der Waals surface area contributed by atoms with Crippen LogP contribution in [0.15, 0.2) is 12.2 Å². The summed E-state index contributed by atoms with van der Waals surface area (Å²) in [5.74, 6) is 0. The van der Waals surface area contributed by atoms with E-state index in [1.807, 2.05) is 6.92 Å². The van der Waals surface area contributed by atoms with Crippen LogP contribution in [-0.4, -0.2) is 57.6 Å². The number of ether oxygens (including phenoxy) is 5. The van der Waals surface area contributed by atoms with Crippen molar-refractivity contribution in [3.05, 3.63) is 12.2 Å². The van der Waals surface area contributed by atoms with Crippen LogP contribution < -0.4 is 0 Å². The highest BCUT2D eigenvalue weighted by molar-refractivity contribution is 5.18. The van der Waals surface area contributed by atoms with Gasteiger partial charge in [-0.2, -0.15) is 0 Å². The average molecular weight is 272 g/mol. The van der Waals surface area contributed by atoms with Crippen LogP contribution in [0.1, 0.15) is 20.3 Å². The van der Waals surface area contributed by atoms with Gasteiger partial charge in [0.1, 0.15) is 24.4 Å². The van der Waals surface area contributed by atoms with Gasteiger partial charge in [0.2, 0.25) is 0 Å². The van der Waals surface area contributed by atoms with Gasteiger partial charge in [-0.25, -0.2) is 0 Å². The van der Waals surface area contributed by atoms with Crippen LogP contribution in [0.5, 0.6) is 0 Å². The Bertz CT molecular complexity index is 319. The molecule has 6 unspecified atom stereocenters. The summed E-state index contributed by atoms with van der Waals surface area (Å²) in [5, 5.41) is 0. The zero-order valence-electron chi connectivity index (χ0n) is 12.1. The molecule has 0 saturated carbocycles. The van der Waals surface area contributed by atoms with Crippen LogP contribution in [0.2, 0.25) is 0 Å². The molecule has 0 aliphatic carbocycles. The molecule has 2 rings (SSSR count). The van der Waals surface area contributed by atoms with Gasteiger partial charge in [-0.05, 0) is 13.3 Å². The molecule has 2 saturated heterocycles. The predicted octanol–water partition coefficient (Wildman–Crippen LogP) is 1.51. The van der Waals surface area contributed by atoms with Gasteiger partial charge in [0.25, 0.3) is 0 Å². The third-order valence-electron chi connectivity index (χ3n) is 3.85. The lowest BCUT2D eigenvalue weighted by molar-refractivity contribution is -0.237. The molecule has 2 fully saturated rings. The Kier molecular flexibility index (Phi) is 4.97. The molecule has 6 atom stereocenters. The highest BCUT2D eigenvalue weighted by Crippen LogP contribution is 2.38. The second kappa shape index (κ2) is 6.33. The van der Waals surface area contributed by atoms with Crippen LogP contribution in [-0.2, 0) is 23.7 Å². The van der Waals surface area contributed by atoms with Crippen LogP contribution in [0, 0.1) is 0 Å². The average Bonchev–Trinajstić information content (AvgIpc) is 2.74. The number of hydrogen-bond acceptors (Lipinski definition) is 5. The van der Waals surface area contributed by atoms with Crippen molar-refractivity contribution in [2.75, 3.05) is 20.8 Å². The summed E-state index contributed by atoms with van der Waals surface area (Å²) in [5.41, 5.74) is 0.835. The van der Waals surface area contributed by atoms with Crippen molar-refractivity contribution >= 4 is 0 Å². The van der Waals surface area contributed by atoms with Gasteiger partial charge in [0.05, 0.1) is 6.10 Å². The number of fused-ring (bicyclic) bond motifs is 1. The Morgan fingerprint density at radius 1 is 1.11 bits per heavy atom. The Morgan fingerprint density at radius 2 is 1.79 bits per heavy atom. The standard InChI is InChI=1S/C14H24O5/c1-6-9-11(15-4)12(16-5)13-10(18-9)8(3)14(19-13)17-7-2/h9-14H,3,6-7H2,1-2,4-5H3. The van der Waals surface area contributed by atoms with E-state index in [9.17, 15) is 0 Å². The molecule has 0 N–H and O–H groups in total. The Balaban J connectivity index is 2.19. The van der Waals surface area contributed by atoms with Crippen molar-refractivity contribution in [3.8, 4) is 0 Å². The van der Waals surface area contributed by atoms with Gasteiger partial charge in [-0.15, -0.1) is 0 Å². The lowest BCUT2D eigenvalue weighted by Crippen LogP contribution is -2.57. The van der Waals surface area contributed by atoms with E-state index in [1.54, 1.807) is 14.2 Å². The van der Waals surface area contributed by atoms with Crippen LogP contribution >= 0.6 is 0 Å². The third-order valence-corrected chi connectivity index (χ3v) is 3.85. The van der Waals surface area contributed by atoms with Crippen molar-refractivity contribution in [3.63, 3.8) is 0 Å². The molecule has 5 heteroatoms. The fourth-order valence-electron chi connectivity index (χ4n) is 2.91. The van der Waals surface area contributed by atoms with E-state index in [0.717, 1.165) is 12.0 Å².